The molecule has 6 aliphatic rings. The van der Waals surface area contributed by atoms with Gasteiger partial charge in [-0.2, -0.15) is 0 Å². The molecule has 0 unspecified atom stereocenters. The minimum absolute atomic E-state index is 0.345. The molecule has 0 aromatic heterocycles. The van der Waals surface area contributed by atoms with Crippen LogP contribution in [0.3, 0.4) is 0 Å². The van der Waals surface area contributed by atoms with Crippen LogP contribution in [0, 0.1) is 34.0 Å². The van der Waals surface area contributed by atoms with Crippen molar-refractivity contribution < 1.29 is 30.0 Å². The summed E-state index contributed by atoms with van der Waals surface area (Å²) in [6.45, 7) is 8.01. The number of aliphatic hydroxyl groups is 4. The molecule has 0 amide bonds. The van der Waals surface area contributed by atoms with Crippen LogP contribution in [0.4, 0.5) is 0 Å². The highest BCUT2D eigenvalue weighted by Crippen LogP contribution is 2.77. The third kappa shape index (κ3) is 1.38. The van der Waals surface area contributed by atoms with E-state index in [1.54, 1.807) is 0 Å². The largest absolute Gasteiger partial charge is 0.429 e. The maximum absolute atomic E-state index is 13.2. The Bertz CT molecular complexity index is 717. The van der Waals surface area contributed by atoms with Crippen molar-refractivity contribution in [1.82, 2.24) is 0 Å². The number of esters is 1. The zero-order valence-electron chi connectivity index (χ0n) is 15.3. The highest BCUT2D eigenvalue weighted by atomic mass is 16.7. The van der Waals surface area contributed by atoms with E-state index in [4.69, 9.17) is 4.74 Å². The lowest BCUT2D eigenvalue weighted by atomic mass is 9.36. The Kier molecular flexibility index (Phi) is 3.00. The fourth-order valence-corrected chi connectivity index (χ4v) is 8.06. The summed E-state index contributed by atoms with van der Waals surface area (Å²) in [5.41, 5.74) is -2.35. The van der Waals surface area contributed by atoms with E-state index in [-0.39, 0.29) is 11.3 Å². The van der Waals surface area contributed by atoms with E-state index in [1.165, 1.54) is 0 Å². The summed E-state index contributed by atoms with van der Waals surface area (Å²) in [4.78, 5) is 13.2. The number of ether oxygens (including phenoxy) is 1. The Hall–Kier alpha value is -0.950. The van der Waals surface area contributed by atoms with Crippen molar-refractivity contribution in [2.45, 2.75) is 70.1 Å². The predicted octanol–water partition coefficient (Wildman–Crippen LogP) is 0.723. The first-order valence-corrected chi connectivity index (χ1v) is 9.75. The SMILES string of the molecule is C=C1[C@@H](O)[C@]23[C@@H](O)[C@H]1CC[C@H]2[C@]12CCCC(C)(C)[C@H]1[C@H](O)[C@@]3(O)OC2=O. The average Bonchev–Trinajstić information content (AvgIpc) is 2.66. The van der Waals surface area contributed by atoms with E-state index in [1.807, 2.05) is 13.8 Å². The molecule has 144 valence electrons. The molecule has 6 fully saturated rings. The maximum atomic E-state index is 13.2. The monoisotopic (exact) mass is 364 g/mol. The molecule has 6 heteroatoms. The lowest BCUT2D eigenvalue weighted by molar-refractivity contribution is -0.434. The molecular weight excluding hydrogens is 336 g/mol. The number of hydrogen-bond donors (Lipinski definition) is 4. The highest BCUT2D eigenvalue weighted by Gasteiger charge is 2.88. The second-order valence-corrected chi connectivity index (χ2v) is 9.98. The van der Waals surface area contributed by atoms with Gasteiger partial charge in [0.2, 0.25) is 5.79 Å². The van der Waals surface area contributed by atoms with Crippen LogP contribution in [0.1, 0.15) is 46.0 Å². The summed E-state index contributed by atoms with van der Waals surface area (Å²) < 4.78 is 5.52. The van der Waals surface area contributed by atoms with Gasteiger partial charge in [-0.25, -0.2) is 0 Å². The van der Waals surface area contributed by atoms with Crippen molar-refractivity contribution in [3.8, 4) is 0 Å². The van der Waals surface area contributed by atoms with Gasteiger partial charge in [-0.1, -0.05) is 26.8 Å². The second-order valence-electron chi connectivity index (χ2n) is 9.98. The number of carbonyl (C=O) groups excluding carboxylic acids is 1. The van der Waals surface area contributed by atoms with E-state index in [9.17, 15) is 25.2 Å². The van der Waals surface area contributed by atoms with Crippen molar-refractivity contribution in [2.75, 3.05) is 0 Å². The van der Waals surface area contributed by atoms with Gasteiger partial charge in [-0.3, -0.25) is 4.79 Å². The molecule has 6 rings (SSSR count). The third-order valence-electron chi connectivity index (χ3n) is 8.89. The van der Waals surface area contributed by atoms with Crippen LogP contribution in [-0.2, 0) is 9.53 Å². The molecule has 4 aliphatic carbocycles. The smallest absolute Gasteiger partial charge is 0.315 e. The number of rotatable bonds is 0. The number of aliphatic hydroxyl groups excluding tert-OH is 3. The normalized spacial score (nSPS) is 59.6. The van der Waals surface area contributed by atoms with Gasteiger partial charge in [0.25, 0.3) is 0 Å². The molecule has 4 saturated carbocycles. The molecule has 2 heterocycles. The first-order valence-electron chi connectivity index (χ1n) is 9.75. The third-order valence-corrected chi connectivity index (χ3v) is 8.89. The minimum Gasteiger partial charge on any atom is -0.429 e. The lowest BCUT2D eigenvalue weighted by Crippen LogP contribution is -2.85. The molecule has 0 aromatic rings. The fraction of sp³-hybridized carbons (Fsp3) is 0.850. The van der Waals surface area contributed by atoms with E-state index in [2.05, 4.69) is 6.58 Å². The molecule has 26 heavy (non-hydrogen) atoms. The molecule has 4 bridgehead atoms. The number of carbonyl (C=O) groups is 1. The van der Waals surface area contributed by atoms with Gasteiger partial charge in [-0.15, -0.1) is 0 Å². The van der Waals surface area contributed by atoms with Gasteiger partial charge >= 0.3 is 5.97 Å². The van der Waals surface area contributed by atoms with Crippen molar-refractivity contribution in [3.63, 3.8) is 0 Å². The van der Waals surface area contributed by atoms with Crippen LogP contribution in [0.25, 0.3) is 0 Å². The Balaban J connectivity index is 1.82. The molecule has 4 N–H and O–H groups in total. The molecule has 2 spiro atoms. The summed E-state index contributed by atoms with van der Waals surface area (Å²) in [6, 6.07) is 0. The van der Waals surface area contributed by atoms with Crippen molar-refractivity contribution in [1.29, 1.82) is 0 Å². The topological polar surface area (TPSA) is 107 Å². The van der Waals surface area contributed by atoms with Crippen molar-refractivity contribution in [2.24, 2.45) is 34.0 Å². The van der Waals surface area contributed by atoms with Gasteiger partial charge in [0.1, 0.15) is 6.10 Å². The zero-order valence-corrected chi connectivity index (χ0v) is 15.3. The zero-order chi connectivity index (χ0) is 18.9. The van der Waals surface area contributed by atoms with Crippen LogP contribution < -0.4 is 0 Å². The van der Waals surface area contributed by atoms with Crippen LogP contribution >= 0.6 is 0 Å². The van der Waals surface area contributed by atoms with Crippen LogP contribution in [0.15, 0.2) is 12.2 Å². The summed E-state index contributed by atoms with van der Waals surface area (Å²) in [6.07, 6.45) is -0.194. The Morgan fingerprint density at radius 3 is 2.50 bits per heavy atom. The first-order chi connectivity index (χ1) is 12.1. The van der Waals surface area contributed by atoms with Gasteiger partial charge < -0.3 is 25.2 Å². The average molecular weight is 364 g/mol. The first kappa shape index (κ1) is 17.2. The number of fused-ring (bicyclic) bond motifs is 2. The molecular formula is C20H28O6. The van der Waals surface area contributed by atoms with Gasteiger partial charge in [-0.05, 0) is 42.6 Å². The minimum atomic E-state index is -2.30. The molecule has 2 aliphatic heterocycles. The van der Waals surface area contributed by atoms with Gasteiger partial charge in [0, 0.05) is 11.8 Å². The van der Waals surface area contributed by atoms with Crippen LogP contribution in [0.2, 0.25) is 0 Å². The summed E-state index contributed by atoms with van der Waals surface area (Å²) in [5, 5.41) is 45.2. The second kappa shape index (κ2) is 4.54. The van der Waals surface area contributed by atoms with E-state index < -0.39 is 52.7 Å². The van der Waals surface area contributed by atoms with E-state index in [0.717, 1.165) is 12.8 Å². The van der Waals surface area contributed by atoms with Crippen molar-refractivity contribution >= 4 is 5.97 Å². The highest BCUT2D eigenvalue weighted by molar-refractivity contribution is 5.82. The summed E-state index contributed by atoms with van der Waals surface area (Å²) >= 11 is 0. The van der Waals surface area contributed by atoms with Crippen LogP contribution in [0.5, 0.6) is 0 Å². The standard InChI is InChI=1S/C20H28O6/c1-9-10-5-6-11-18-8-4-7-17(2,3)12(18)15(23)20(25,26-16(18)24)19(11,13(9)21)14(10)22/h10-15,21-23,25H,1,4-8H2,2-3H3/t10-,11-,12+,13+,14-,15-,18+,19-,20+/m0/s1. The van der Waals surface area contributed by atoms with Crippen LogP contribution in [-0.4, -0.2) is 50.5 Å². The van der Waals surface area contributed by atoms with E-state index >= 15 is 0 Å². The van der Waals surface area contributed by atoms with Gasteiger partial charge in [0.05, 0.1) is 23.0 Å². The van der Waals surface area contributed by atoms with Crippen molar-refractivity contribution in [3.05, 3.63) is 12.2 Å². The maximum Gasteiger partial charge on any atom is 0.315 e. The predicted molar refractivity (Wildman–Crippen MR) is 90.4 cm³/mol. The molecule has 9 atom stereocenters. The number of hydrogen-bond acceptors (Lipinski definition) is 6. The van der Waals surface area contributed by atoms with E-state index in [0.29, 0.717) is 24.8 Å². The molecule has 2 saturated heterocycles. The fourth-order valence-electron chi connectivity index (χ4n) is 8.06. The molecule has 0 aromatic carbocycles. The Labute approximate surface area is 152 Å². The molecule has 6 nitrogen and oxygen atoms in total. The van der Waals surface area contributed by atoms with Gasteiger partial charge in [0.15, 0.2) is 0 Å². The Morgan fingerprint density at radius 2 is 1.81 bits per heavy atom. The Morgan fingerprint density at radius 1 is 1.12 bits per heavy atom. The molecule has 0 radical (unpaired) electrons. The summed E-state index contributed by atoms with van der Waals surface area (Å²) in [5.74, 6) is -4.02. The summed E-state index contributed by atoms with van der Waals surface area (Å²) in [7, 11) is 0. The quantitative estimate of drug-likeness (QED) is 0.373. The lowest BCUT2D eigenvalue weighted by Gasteiger charge is -2.73.